The summed E-state index contributed by atoms with van der Waals surface area (Å²) in [6.07, 6.45) is 0. The molecule has 86 valence electrons. The summed E-state index contributed by atoms with van der Waals surface area (Å²) in [7, 11) is 1.34. The Morgan fingerprint density at radius 3 is 2.41 bits per heavy atom. The molecule has 0 aliphatic heterocycles. The number of halogens is 1. The highest BCUT2D eigenvalue weighted by molar-refractivity contribution is 6.36. The fourth-order valence-electron chi connectivity index (χ4n) is 1.64. The molecule has 0 aliphatic rings. The Hall–Kier alpha value is -1.80. The van der Waals surface area contributed by atoms with Crippen LogP contribution in [-0.4, -0.2) is 13.1 Å². The average molecular weight is 247 g/mol. The van der Waals surface area contributed by atoms with E-state index in [9.17, 15) is 4.79 Å². The Balaban J connectivity index is 2.54. The summed E-state index contributed by atoms with van der Waals surface area (Å²) in [4.78, 5) is 11.5. The number of benzene rings is 2. The van der Waals surface area contributed by atoms with Crippen LogP contribution in [-0.2, 0) is 4.74 Å². The third-order valence-corrected chi connectivity index (χ3v) is 2.90. The Morgan fingerprint density at radius 1 is 1.06 bits per heavy atom. The number of hydrogen-bond donors (Lipinski definition) is 0. The number of rotatable bonds is 2. The minimum absolute atomic E-state index is 0.385. The second kappa shape index (κ2) is 5.02. The number of methoxy groups -OCH3 is 1. The molecule has 17 heavy (non-hydrogen) atoms. The zero-order valence-electron chi connectivity index (χ0n) is 9.31. The molecule has 0 heterocycles. The van der Waals surface area contributed by atoms with Crippen molar-refractivity contribution < 1.29 is 9.53 Å². The van der Waals surface area contributed by atoms with E-state index < -0.39 is 5.97 Å². The van der Waals surface area contributed by atoms with Gasteiger partial charge in [-0.05, 0) is 11.6 Å². The number of ether oxygens (including phenoxy) is 1. The lowest BCUT2D eigenvalue weighted by Gasteiger charge is -2.08. The first-order valence-corrected chi connectivity index (χ1v) is 5.54. The monoisotopic (exact) mass is 246 g/mol. The Bertz CT molecular complexity index is 535. The Labute approximate surface area is 105 Å². The first-order chi connectivity index (χ1) is 8.24. The zero-order chi connectivity index (χ0) is 12.3. The van der Waals surface area contributed by atoms with Crippen LogP contribution in [0, 0.1) is 0 Å². The van der Waals surface area contributed by atoms with Gasteiger partial charge in [0.2, 0.25) is 0 Å². The van der Waals surface area contributed by atoms with E-state index in [4.69, 9.17) is 11.6 Å². The molecule has 0 saturated heterocycles. The molecule has 2 aromatic rings. The van der Waals surface area contributed by atoms with Gasteiger partial charge in [-0.15, -0.1) is 0 Å². The molecule has 2 rings (SSSR count). The van der Waals surface area contributed by atoms with Crippen LogP contribution in [0.25, 0.3) is 11.1 Å². The first-order valence-electron chi connectivity index (χ1n) is 5.16. The molecule has 0 saturated carbocycles. The summed E-state index contributed by atoms with van der Waals surface area (Å²) in [5, 5.41) is 0.422. The van der Waals surface area contributed by atoms with Crippen molar-refractivity contribution in [1.82, 2.24) is 0 Å². The van der Waals surface area contributed by atoms with E-state index in [2.05, 4.69) is 4.74 Å². The highest BCUT2D eigenvalue weighted by atomic mass is 35.5. The van der Waals surface area contributed by atoms with E-state index in [1.54, 1.807) is 12.1 Å². The van der Waals surface area contributed by atoms with Crippen LogP contribution in [0.5, 0.6) is 0 Å². The van der Waals surface area contributed by atoms with Crippen molar-refractivity contribution in [1.29, 1.82) is 0 Å². The van der Waals surface area contributed by atoms with Crippen LogP contribution in [0.3, 0.4) is 0 Å². The van der Waals surface area contributed by atoms with E-state index in [-0.39, 0.29) is 0 Å². The van der Waals surface area contributed by atoms with Crippen molar-refractivity contribution in [3.8, 4) is 11.1 Å². The van der Waals surface area contributed by atoms with Gasteiger partial charge in [0.1, 0.15) is 0 Å². The predicted octanol–water partition coefficient (Wildman–Crippen LogP) is 3.79. The first kappa shape index (κ1) is 11.7. The molecule has 0 aromatic heterocycles. The standard InChI is InChI=1S/C14H11ClO2/c1-17-14(16)12-9-5-8-11(13(12)15)10-6-3-2-4-7-10/h2-9H,1H3. The van der Waals surface area contributed by atoms with Gasteiger partial charge in [-0.25, -0.2) is 4.79 Å². The predicted molar refractivity (Wildman–Crippen MR) is 68.2 cm³/mol. The third-order valence-electron chi connectivity index (χ3n) is 2.49. The van der Waals surface area contributed by atoms with E-state index >= 15 is 0 Å². The van der Waals surface area contributed by atoms with Crippen molar-refractivity contribution in [2.24, 2.45) is 0 Å². The van der Waals surface area contributed by atoms with Gasteiger partial charge >= 0.3 is 5.97 Å². The summed E-state index contributed by atoms with van der Waals surface area (Å²) in [6.45, 7) is 0. The minimum atomic E-state index is -0.423. The maximum Gasteiger partial charge on any atom is 0.339 e. The molecular formula is C14H11ClO2. The number of carbonyl (C=O) groups excluding carboxylic acids is 1. The molecule has 0 bridgehead atoms. The quantitative estimate of drug-likeness (QED) is 0.754. The van der Waals surface area contributed by atoms with Crippen LogP contribution in [0.15, 0.2) is 48.5 Å². The molecule has 0 radical (unpaired) electrons. The summed E-state index contributed by atoms with van der Waals surface area (Å²) in [5.74, 6) is -0.423. The van der Waals surface area contributed by atoms with Gasteiger partial charge in [0, 0.05) is 5.56 Å². The fourth-order valence-corrected chi connectivity index (χ4v) is 1.95. The third kappa shape index (κ3) is 2.32. The minimum Gasteiger partial charge on any atom is -0.465 e. The van der Waals surface area contributed by atoms with Gasteiger partial charge in [-0.2, -0.15) is 0 Å². The topological polar surface area (TPSA) is 26.3 Å². The lowest BCUT2D eigenvalue weighted by Crippen LogP contribution is -2.02. The summed E-state index contributed by atoms with van der Waals surface area (Å²) >= 11 is 6.22. The van der Waals surface area contributed by atoms with Gasteiger partial charge in [-0.3, -0.25) is 0 Å². The molecule has 0 N–H and O–H groups in total. The zero-order valence-corrected chi connectivity index (χ0v) is 10.1. The maximum absolute atomic E-state index is 11.5. The van der Waals surface area contributed by atoms with Crippen molar-refractivity contribution >= 4 is 17.6 Å². The van der Waals surface area contributed by atoms with Crippen molar-refractivity contribution in [2.45, 2.75) is 0 Å². The molecule has 0 amide bonds. The number of hydrogen-bond acceptors (Lipinski definition) is 2. The lowest BCUT2D eigenvalue weighted by molar-refractivity contribution is 0.0601. The van der Waals surface area contributed by atoms with E-state index in [1.807, 2.05) is 36.4 Å². The normalized spacial score (nSPS) is 10.0. The lowest BCUT2D eigenvalue weighted by atomic mass is 10.0. The van der Waals surface area contributed by atoms with Crippen molar-refractivity contribution in [2.75, 3.05) is 7.11 Å². The summed E-state index contributed by atoms with van der Waals surface area (Å²) in [6, 6.07) is 15.0. The summed E-state index contributed by atoms with van der Waals surface area (Å²) in [5.41, 5.74) is 2.19. The molecule has 0 fully saturated rings. The van der Waals surface area contributed by atoms with Crippen LogP contribution >= 0.6 is 11.6 Å². The van der Waals surface area contributed by atoms with Gasteiger partial charge in [0.05, 0.1) is 17.7 Å². The van der Waals surface area contributed by atoms with Crippen LogP contribution in [0.1, 0.15) is 10.4 Å². The van der Waals surface area contributed by atoms with Crippen LogP contribution < -0.4 is 0 Å². The maximum atomic E-state index is 11.5. The van der Waals surface area contributed by atoms with Crippen LogP contribution in [0.2, 0.25) is 5.02 Å². The number of carbonyl (C=O) groups is 1. The van der Waals surface area contributed by atoms with Gasteiger partial charge in [-0.1, -0.05) is 54.1 Å². The fraction of sp³-hybridized carbons (Fsp3) is 0.0714. The van der Waals surface area contributed by atoms with Crippen LogP contribution in [0.4, 0.5) is 0 Å². The van der Waals surface area contributed by atoms with Crippen molar-refractivity contribution in [3.05, 3.63) is 59.1 Å². The molecule has 0 aliphatic carbocycles. The van der Waals surface area contributed by atoms with Gasteiger partial charge in [0.15, 0.2) is 0 Å². The summed E-state index contributed by atoms with van der Waals surface area (Å²) < 4.78 is 4.68. The molecule has 3 heteroatoms. The van der Waals surface area contributed by atoms with Gasteiger partial charge < -0.3 is 4.74 Å². The largest absolute Gasteiger partial charge is 0.465 e. The van der Waals surface area contributed by atoms with E-state index in [0.717, 1.165) is 11.1 Å². The van der Waals surface area contributed by atoms with Gasteiger partial charge in [0.25, 0.3) is 0 Å². The molecule has 2 aromatic carbocycles. The molecule has 0 unspecified atom stereocenters. The molecular weight excluding hydrogens is 236 g/mol. The highest BCUT2D eigenvalue weighted by Crippen LogP contribution is 2.30. The number of esters is 1. The SMILES string of the molecule is COC(=O)c1cccc(-c2ccccc2)c1Cl. The van der Waals surface area contributed by atoms with E-state index in [0.29, 0.717) is 10.6 Å². The molecule has 0 atom stereocenters. The molecule has 2 nitrogen and oxygen atoms in total. The second-order valence-corrected chi connectivity index (χ2v) is 3.90. The molecule has 0 spiro atoms. The second-order valence-electron chi connectivity index (χ2n) is 3.52. The Kier molecular flexibility index (Phi) is 3.45. The van der Waals surface area contributed by atoms with Crippen molar-refractivity contribution in [3.63, 3.8) is 0 Å². The Morgan fingerprint density at radius 2 is 1.76 bits per heavy atom. The smallest absolute Gasteiger partial charge is 0.339 e. The highest BCUT2D eigenvalue weighted by Gasteiger charge is 2.14. The van der Waals surface area contributed by atoms with E-state index in [1.165, 1.54) is 7.11 Å². The average Bonchev–Trinajstić information content (AvgIpc) is 2.39.